The smallest absolute Gasteiger partial charge is 0.139 e. The van der Waals surface area contributed by atoms with Gasteiger partial charge in [0.05, 0.1) is 5.69 Å². The van der Waals surface area contributed by atoms with E-state index in [2.05, 4.69) is 60.9 Å². The fraction of sp³-hybridized carbons (Fsp3) is 0.520. The van der Waals surface area contributed by atoms with E-state index in [1.807, 2.05) is 0 Å². The molecule has 2 aliphatic carbocycles. The number of rotatable bonds is 3. The Morgan fingerprint density at radius 1 is 1.11 bits per heavy atom. The van der Waals surface area contributed by atoms with Gasteiger partial charge in [-0.25, -0.2) is 0 Å². The molecule has 1 heterocycles. The van der Waals surface area contributed by atoms with E-state index in [9.17, 15) is 5.11 Å². The van der Waals surface area contributed by atoms with Gasteiger partial charge in [-0.1, -0.05) is 44.9 Å². The molecule has 3 aliphatic rings. The lowest BCUT2D eigenvalue weighted by atomic mass is 9.53. The number of benzene rings is 2. The first kappa shape index (κ1) is 18.1. The summed E-state index contributed by atoms with van der Waals surface area (Å²) >= 11 is 0. The lowest BCUT2D eigenvalue weighted by molar-refractivity contribution is 0.0796. The molecule has 0 radical (unpaired) electrons. The Bertz CT molecular complexity index is 886. The average molecular weight is 377 g/mol. The summed E-state index contributed by atoms with van der Waals surface area (Å²) in [6.07, 6.45) is 7.60. The van der Waals surface area contributed by atoms with E-state index < -0.39 is 0 Å². The molecule has 1 saturated carbocycles. The second kappa shape index (κ2) is 6.81. The van der Waals surface area contributed by atoms with Crippen molar-refractivity contribution in [2.45, 2.75) is 69.7 Å². The van der Waals surface area contributed by atoms with E-state index in [0.717, 1.165) is 30.3 Å². The summed E-state index contributed by atoms with van der Waals surface area (Å²) in [7, 11) is 0. The summed E-state index contributed by atoms with van der Waals surface area (Å²) in [5.41, 5.74) is 6.37. The molecule has 3 N–H and O–H groups in total. The van der Waals surface area contributed by atoms with Crippen molar-refractivity contribution >= 4 is 11.4 Å². The number of fused-ring (bicyclic) bond motifs is 1. The molecule has 0 spiro atoms. The number of anilines is 2. The van der Waals surface area contributed by atoms with Gasteiger partial charge in [-0.05, 0) is 79.0 Å². The Morgan fingerprint density at radius 2 is 1.96 bits per heavy atom. The summed E-state index contributed by atoms with van der Waals surface area (Å²) in [4.78, 5) is 0. The first-order valence-electron chi connectivity index (χ1n) is 11.0. The lowest BCUT2D eigenvalue weighted by Gasteiger charge is -2.56. The molecule has 148 valence electrons. The van der Waals surface area contributed by atoms with Crippen LogP contribution in [-0.2, 0) is 11.8 Å². The molecule has 3 atom stereocenters. The fourth-order valence-electron chi connectivity index (χ4n) is 6.33. The molecule has 2 bridgehead atoms. The zero-order chi connectivity index (χ0) is 19.3. The van der Waals surface area contributed by atoms with Crippen LogP contribution in [0.15, 0.2) is 36.4 Å². The number of piperidine rings is 1. The van der Waals surface area contributed by atoms with Gasteiger partial charge in [0.15, 0.2) is 0 Å². The summed E-state index contributed by atoms with van der Waals surface area (Å²) in [6.45, 7) is 5.54. The van der Waals surface area contributed by atoms with Gasteiger partial charge in [0, 0.05) is 17.1 Å². The minimum absolute atomic E-state index is 0.285. The molecule has 0 aromatic heterocycles. The molecular formula is C25H32N2O. The van der Waals surface area contributed by atoms with E-state index in [4.69, 9.17) is 0 Å². The highest BCUT2D eigenvalue weighted by Gasteiger charge is 2.51. The Kier molecular flexibility index (Phi) is 4.39. The van der Waals surface area contributed by atoms with Crippen molar-refractivity contribution in [3.8, 4) is 5.75 Å². The fourth-order valence-corrected chi connectivity index (χ4v) is 6.33. The van der Waals surface area contributed by atoms with Crippen LogP contribution in [0.2, 0.25) is 0 Å². The number of hydrogen-bond donors (Lipinski definition) is 3. The first-order valence-corrected chi connectivity index (χ1v) is 11.0. The Hall–Kier alpha value is -2.00. The monoisotopic (exact) mass is 376 g/mol. The van der Waals surface area contributed by atoms with Gasteiger partial charge >= 0.3 is 0 Å². The number of phenolic OH excluding ortho intramolecular Hbond substituents is 1. The Labute approximate surface area is 168 Å². The number of phenols is 1. The molecule has 28 heavy (non-hydrogen) atoms. The maximum Gasteiger partial charge on any atom is 0.139 e. The maximum absolute atomic E-state index is 11.0. The second-order valence-electron chi connectivity index (χ2n) is 9.42. The quantitative estimate of drug-likeness (QED) is 0.611. The Morgan fingerprint density at radius 3 is 2.82 bits per heavy atom. The topological polar surface area (TPSA) is 44.3 Å². The molecule has 0 amide bonds. The largest absolute Gasteiger partial charge is 0.506 e. The molecule has 3 nitrogen and oxygen atoms in total. The minimum atomic E-state index is 0.285. The second-order valence-corrected chi connectivity index (χ2v) is 9.42. The van der Waals surface area contributed by atoms with Crippen molar-refractivity contribution in [3.05, 3.63) is 53.1 Å². The van der Waals surface area contributed by atoms with Crippen LogP contribution in [-0.4, -0.2) is 17.7 Å². The predicted octanol–water partition coefficient (Wildman–Crippen LogP) is 5.61. The van der Waals surface area contributed by atoms with Crippen molar-refractivity contribution in [3.63, 3.8) is 0 Å². The number of aromatic hydroxyl groups is 1. The van der Waals surface area contributed by atoms with Crippen molar-refractivity contribution < 1.29 is 5.11 Å². The van der Waals surface area contributed by atoms with Gasteiger partial charge in [-0.2, -0.15) is 0 Å². The molecule has 2 aromatic carbocycles. The van der Waals surface area contributed by atoms with Crippen LogP contribution < -0.4 is 10.6 Å². The third kappa shape index (κ3) is 2.75. The number of hydrogen-bond acceptors (Lipinski definition) is 3. The molecule has 1 saturated heterocycles. The van der Waals surface area contributed by atoms with Crippen LogP contribution in [0.4, 0.5) is 11.4 Å². The SMILES string of the molecule is CC(C)c1ccccc1Nc1cc2c(cc1O)[C@@]13CCCC[C@H]1[C@@H](C2)NCC3. The van der Waals surface area contributed by atoms with Crippen molar-refractivity contribution in [1.82, 2.24) is 5.32 Å². The van der Waals surface area contributed by atoms with Crippen molar-refractivity contribution in [2.24, 2.45) is 5.92 Å². The van der Waals surface area contributed by atoms with E-state index in [1.54, 1.807) is 0 Å². The zero-order valence-electron chi connectivity index (χ0n) is 17.1. The third-order valence-electron chi connectivity index (χ3n) is 7.61. The Balaban J connectivity index is 1.56. The highest BCUT2D eigenvalue weighted by Crippen LogP contribution is 2.55. The molecule has 1 aliphatic heterocycles. The predicted molar refractivity (Wildman–Crippen MR) is 116 cm³/mol. The molecule has 0 unspecified atom stereocenters. The molecule has 2 fully saturated rings. The van der Waals surface area contributed by atoms with Crippen LogP contribution in [0.5, 0.6) is 5.75 Å². The number of para-hydroxylation sites is 1. The van der Waals surface area contributed by atoms with Crippen molar-refractivity contribution in [2.75, 3.05) is 11.9 Å². The lowest BCUT2D eigenvalue weighted by Crippen LogP contribution is -2.59. The zero-order valence-corrected chi connectivity index (χ0v) is 17.1. The highest BCUT2D eigenvalue weighted by atomic mass is 16.3. The van der Waals surface area contributed by atoms with Gasteiger partial charge < -0.3 is 15.7 Å². The average Bonchev–Trinajstić information content (AvgIpc) is 2.70. The van der Waals surface area contributed by atoms with Gasteiger partial charge in [-0.3, -0.25) is 0 Å². The van der Waals surface area contributed by atoms with E-state index in [0.29, 0.717) is 17.7 Å². The van der Waals surface area contributed by atoms with Crippen LogP contribution in [0.3, 0.4) is 0 Å². The summed E-state index contributed by atoms with van der Waals surface area (Å²) in [5.74, 6) is 1.57. The third-order valence-corrected chi connectivity index (χ3v) is 7.61. The van der Waals surface area contributed by atoms with E-state index >= 15 is 0 Å². The van der Waals surface area contributed by atoms with Gasteiger partial charge in [0.1, 0.15) is 5.75 Å². The summed E-state index contributed by atoms with van der Waals surface area (Å²) in [5, 5.41) is 18.3. The van der Waals surface area contributed by atoms with Crippen LogP contribution >= 0.6 is 0 Å². The van der Waals surface area contributed by atoms with Gasteiger partial charge in [-0.15, -0.1) is 0 Å². The van der Waals surface area contributed by atoms with E-state index in [-0.39, 0.29) is 5.41 Å². The van der Waals surface area contributed by atoms with Gasteiger partial charge in [0.2, 0.25) is 0 Å². The highest BCUT2D eigenvalue weighted by molar-refractivity contribution is 5.71. The summed E-state index contributed by atoms with van der Waals surface area (Å²) in [6, 6.07) is 13.4. The van der Waals surface area contributed by atoms with E-state index in [1.165, 1.54) is 48.8 Å². The normalized spacial score (nSPS) is 28.5. The molecule has 3 heteroatoms. The summed E-state index contributed by atoms with van der Waals surface area (Å²) < 4.78 is 0. The van der Waals surface area contributed by atoms with Gasteiger partial charge in [0.25, 0.3) is 0 Å². The number of nitrogens with one attached hydrogen (secondary N) is 2. The first-order chi connectivity index (χ1) is 13.6. The van der Waals surface area contributed by atoms with Crippen LogP contribution in [0.25, 0.3) is 0 Å². The molecular weight excluding hydrogens is 344 g/mol. The minimum Gasteiger partial charge on any atom is -0.506 e. The maximum atomic E-state index is 11.0. The molecule has 5 rings (SSSR count). The van der Waals surface area contributed by atoms with Crippen LogP contribution in [0.1, 0.15) is 68.6 Å². The molecule has 2 aromatic rings. The standard InChI is InChI=1S/C25H32N2O/c1-16(2)18-7-3-4-9-21(18)27-23-14-17-13-22-19-8-5-6-10-25(19,11-12-26-22)20(17)15-24(23)28/h3-4,7,9,14-16,19,22,26-28H,5-6,8,10-13H2,1-2H3/t19-,22+,25+/m0/s1. The van der Waals surface area contributed by atoms with Crippen molar-refractivity contribution in [1.29, 1.82) is 0 Å². The van der Waals surface area contributed by atoms with Crippen LogP contribution in [0, 0.1) is 5.92 Å².